The van der Waals surface area contributed by atoms with Crippen molar-refractivity contribution in [1.29, 1.82) is 0 Å². The number of hydrogen-bond acceptors (Lipinski definition) is 6. The van der Waals surface area contributed by atoms with Crippen molar-refractivity contribution in [3.8, 4) is 0 Å². The minimum Gasteiger partial charge on any atom is -0.464 e. The van der Waals surface area contributed by atoms with E-state index >= 15 is 0 Å². The van der Waals surface area contributed by atoms with Gasteiger partial charge in [-0.2, -0.15) is 0 Å². The Bertz CT molecular complexity index is 980. The van der Waals surface area contributed by atoms with Gasteiger partial charge in [0.15, 0.2) is 5.69 Å². The Morgan fingerprint density at radius 2 is 2.09 bits per heavy atom. The van der Waals surface area contributed by atoms with Crippen LogP contribution < -0.4 is 10.6 Å². The first kappa shape index (κ1) is 23.8. The lowest BCUT2D eigenvalue weighted by Gasteiger charge is -2.18. The summed E-state index contributed by atoms with van der Waals surface area (Å²) in [5.74, 6) is 0.0990. The zero-order valence-corrected chi connectivity index (χ0v) is 19.4. The number of nitrogens with one attached hydrogen (secondary N) is 2. The molecule has 3 rings (SSSR count). The molecule has 0 unspecified atom stereocenters. The highest BCUT2D eigenvalue weighted by atomic mass is 16.5. The van der Waals surface area contributed by atoms with Crippen LogP contribution >= 0.6 is 0 Å². The largest absolute Gasteiger partial charge is 0.464 e. The average molecular weight is 443 g/mol. The van der Waals surface area contributed by atoms with Gasteiger partial charge in [0.1, 0.15) is 5.65 Å². The lowest BCUT2D eigenvalue weighted by molar-refractivity contribution is -0.116. The summed E-state index contributed by atoms with van der Waals surface area (Å²) in [6.45, 7) is 5.61. The molecule has 1 aliphatic rings. The molecule has 8 nitrogen and oxygen atoms in total. The number of fused-ring (bicyclic) bond motifs is 1. The third-order valence-corrected chi connectivity index (χ3v) is 5.63. The Hall–Kier alpha value is -2.87. The summed E-state index contributed by atoms with van der Waals surface area (Å²) in [5, 5.41) is 7.13. The van der Waals surface area contributed by atoms with Gasteiger partial charge in [-0.25, -0.2) is 9.78 Å². The summed E-state index contributed by atoms with van der Waals surface area (Å²) in [4.78, 5) is 30.0. The molecule has 0 aliphatic heterocycles. The third kappa shape index (κ3) is 5.68. The number of carbonyl (C=O) groups is 2. The van der Waals surface area contributed by atoms with Gasteiger partial charge in [0.05, 0.1) is 31.3 Å². The molecule has 0 radical (unpaired) electrons. The van der Waals surface area contributed by atoms with Crippen LogP contribution in [0.2, 0.25) is 0 Å². The number of ether oxygens (including phenoxy) is 2. The maximum Gasteiger partial charge on any atom is 0.356 e. The second kappa shape index (κ2) is 11.1. The van der Waals surface area contributed by atoms with Gasteiger partial charge in [-0.15, -0.1) is 0 Å². The van der Waals surface area contributed by atoms with Crippen LogP contribution in [0, 0.1) is 11.8 Å². The monoisotopic (exact) mass is 442 g/mol. The number of hydrogen-bond donors (Lipinski definition) is 2. The van der Waals surface area contributed by atoms with Crippen LogP contribution in [0.3, 0.4) is 0 Å². The van der Waals surface area contributed by atoms with E-state index in [1.54, 1.807) is 17.9 Å². The lowest BCUT2D eigenvalue weighted by atomic mass is 9.94. The molecule has 0 bridgehead atoms. The Labute approximate surface area is 189 Å². The van der Waals surface area contributed by atoms with E-state index in [1.165, 1.54) is 7.11 Å². The molecule has 32 heavy (non-hydrogen) atoms. The van der Waals surface area contributed by atoms with E-state index in [-0.39, 0.29) is 17.5 Å². The summed E-state index contributed by atoms with van der Waals surface area (Å²) in [7, 11) is 2.93. The molecule has 2 aromatic heterocycles. The summed E-state index contributed by atoms with van der Waals surface area (Å²) in [6, 6.07) is 1.95. The predicted octanol–water partition coefficient (Wildman–Crippen LogP) is 4.22. The van der Waals surface area contributed by atoms with Crippen molar-refractivity contribution in [2.45, 2.75) is 46.1 Å². The quantitative estimate of drug-likeness (QED) is 0.423. The fraction of sp³-hybridized carbons (Fsp3) is 0.542. The SMILES string of the molecule is COCCn1c(C(=O)OC)c(NC(=O)CC(C)C)c2cc(NC[C@@H]3CC=CCC3)cnc21. The first-order valence-electron chi connectivity index (χ1n) is 11.2. The van der Waals surface area contributed by atoms with Gasteiger partial charge >= 0.3 is 5.97 Å². The first-order chi connectivity index (χ1) is 15.4. The van der Waals surface area contributed by atoms with E-state index in [0.717, 1.165) is 31.5 Å². The zero-order chi connectivity index (χ0) is 23.1. The van der Waals surface area contributed by atoms with Gasteiger partial charge in [0, 0.05) is 32.0 Å². The van der Waals surface area contributed by atoms with Crippen molar-refractivity contribution in [1.82, 2.24) is 9.55 Å². The van der Waals surface area contributed by atoms with E-state index in [9.17, 15) is 9.59 Å². The number of pyridine rings is 1. The van der Waals surface area contributed by atoms with Crippen molar-refractivity contribution >= 4 is 34.3 Å². The Morgan fingerprint density at radius 3 is 2.75 bits per heavy atom. The van der Waals surface area contributed by atoms with Crippen LogP contribution in [0.4, 0.5) is 11.4 Å². The second-order valence-corrected chi connectivity index (χ2v) is 8.63. The van der Waals surface area contributed by atoms with Gasteiger partial charge in [0.2, 0.25) is 5.91 Å². The maximum atomic E-state index is 12.7. The smallest absolute Gasteiger partial charge is 0.356 e. The molecule has 0 fully saturated rings. The van der Waals surface area contributed by atoms with Crippen molar-refractivity contribution in [3.63, 3.8) is 0 Å². The van der Waals surface area contributed by atoms with Crippen LogP contribution in [-0.2, 0) is 20.8 Å². The average Bonchev–Trinajstić information content (AvgIpc) is 3.08. The Balaban J connectivity index is 2.00. The van der Waals surface area contributed by atoms with E-state index in [2.05, 4.69) is 27.8 Å². The van der Waals surface area contributed by atoms with Crippen LogP contribution in [0.25, 0.3) is 11.0 Å². The number of methoxy groups -OCH3 is 2. The molecule has 174 valence electrons. The number of rotatable bonds is 10. The fourth-order valence-electron chi connectivity index (χ4n) is 4.02. The summed E-state index contributed by atoms with van der Waals surface area (Å²) >= 11 is 0. The van der Waals surface area contributed by atoms with Crippen LogP contribution in [0.5, 0.6) is 0 Å². The fourth-order valence-corrected chi connectivity index (χ4v) is 4.02. The highest BCUT2D eigenvalue weighted by Crippen LogP contribution is 2.33. The van der Waals surface area contributed by atoms with Gasteiger partial charge in [-0.1, -0.05) is 26.0 Å². The van der Waals surface area contributed by atoms with Gasteiger partial charge < -0.3 is 24.7 Å². The first-order valence-corrected chi connectivity index (χ1v) is 11.2. The van der Waals surface area contributed by atoms with E-state index in [1.807, 2.05) is 19.9 Å². The van der Waals surface area contributed by atoms with Crippen molar-refractivity contribution in [2.75, 3.05) is 38.0 Å². The zero-order valence-electron chi connectivity index (χ0n) is 19.4. The summed E-state index contributed by atoms with van der Waals surface area (Å²) in [6.07, 6.45) is 9.93. The third-order valence-electron chi connectivity index (χ3n) is 5.63. The van der Waals surface area contributed by atoms with E-state index in [0.29, 0.717) is 42.2 Å². The number of nitrogens with zero attached hydrogens (tertiary/aromatic N) is 2. The minimum absolute atomic E-state index is 0.150. The van der Waals surface area contributed by atoms with Crippen LogP contribution in [-0.4, -0.2) is 48.8 Å². The maximum absolute atomic E-state index is 12.7. The molecule has 1 aliphatic carbocycles. The van der Waals surface area contributed by atoms with Crippen LogP contribution in [0.15, 0.2) is 24.4 Å². The molecule has 0 saturated heterocycles. The molecule has 2 N–H and O–H groups in total. The van der Waals surface area contributed by atoms with Crippen molar-refractivity contribution in [3.05, 3.63) is 30.1 Å². The minimum atomic E-state index is -0.526. The molecule has 8 heteroatoms. The molecular weight excluding hydrogens is 408 g/mol. The number of carbonyl (C=O) groups excluding carboxylic acids is 2. The molecule has 1 atom stereocenters. The summed E-state index contributed by atoms with van der Waals surface area (Å²) < 4.78 is 12.0. The van der Waals surface area contributed by atoms with Gasteiger partial charge in [-0.05, 0) is 37.2 Å². The number of allylic oxidation sites excluding steroid dienone is 2. The molecule has 2 aromatic rings. The molecule has 0 aromatic carbocycles. The second-order valence-electron chi connectivity index (χ2n) is 8.63. The molecule has 0 spiro atoms. The van der Waals surface area contributed by atoms with Crippen LogP contribution in [0.1, 0.15) is 50.0 Å². The predicted molar refractivity (Wildman–Crippen MR) is 126 cm³/mol. The topological polar surface area (TPSA) is 94.5 Å². The summed E-state index contributed by atoms with van der Waals surface area (Å²) in [5.41, 5.74) is 2.17. The van der Waals surface area contributed by atoms with Crippen molar-refractivity contribution < 1.29 is 19.1 Å². The molecule has 0 saturated carbocycles. The van der Waals surface area contributed by atoms with E-state index in [4.69, 9.17) is 9.47 Å². The number of aromatic nitrogens is 2. The van der Waals surface area contributed by atoms with E-state index < -0.39 is 5.97 Å². The number of esters is 1. The highest BCUT2D eigenvalue weighted by molar-refractivity contribution is 6.11. The van der Waals surface area contributed by atoms with Gasteiger partial charge in [-0.3, -0.25) is 4.79 Å². The van der Waals surface area contributed by atoms with Crippen molar-refractivity contribution in [2.24, 2.45) is 11.8 Å². The Kier molecular flexibility index (Phi) is 8.27. The lowest BCUT2D eigenvalue weighted by Crippen LogP contribution is -2.19. The Morgan fingerprint density at radius 1 is 1.28 bits per heavy atom. The normalized spacial score (nSPS) is 15.8. The standard InChI is InChI=1S/C24H34N4O4/c1-16(2)12-20(29)27-21-19-13-18(25-14-17-8-6-5-7-9-17)15-26-23(19)28(10-11-31-3)22(21)24(30)32-4/h5-6,13,15-17,25H,7-12,14H2,1-4H3,(H,27,29)/t17-/m1/s1. The number of anilines is 2. The molecular formula is C24H34N4O4. The molecule has 1 amide bonds. The highest BCUT2D eigenvalue weighted by Gasteiger charge is 2.26. The van der Waals surface area contributed by atoms with Gasteiger partial charge in [0.25, 0.3) is 0 Å². The molecule has 2 heterocycles. The number of amides is 1.